The smallest absolute Gasteiger partial charge is 0.278 e. The van der Waals surface area contributed by atoms with Crippen LogP contribution in [0.25, 0.3) is 10.9 Å². The molecule has 3 aromatic rings. The number of fused-ring (bicyclic) bond motifs is 1. The minimum absolute atomic E-state index is 0.109. The summed E-state index contributed by atoms with van der Waals surface area (Å²) >= 11 is 0. The van der Waals surface area contributed by atoms with E-state index in [0.29, 0.717) is 12.2 Å². The van der Waals surface area contributed by atoms with Gasteiger partial charge in [0.15, 0.2) is 5.75 Å². The number of hydrogen-bond acceptors (Lipinski definition) is 3. The lowest BCUT2D eigenvalue weighted by molar-refractivity contribution is 0.472. The van der Waals surface area contributed by atoms with Gasteiger partial charge in [-0.1, -0.05) is 42.5 Å². The van der Waals surface area contributed by atoms with E-state index in [0.717, 1.165) is 42.4 Å². The molecule has 0 unspecified atom stereocenters. The van der Waals surface area contributed by atoms with Gasteiger partial charge in [-0.15, -0.1) is 0 Å². The summed E-state index contributed by atoms with van der Waals surface area (Å²) in [6.45, 7) is 2.15. The molecule has 1 aliphatic heterocycles. The zero-order valence-corrected chi connectivity index (χ0v) is 14.2. The molecule has 1 aliphatic rings. The molecule has 1 fully saturated rings. The number of piperidine rings is 1. The van der Waals surface area contributed by atoms with E-state index in [2.05, 4.69) is 4.90 Å². The van der Waals surface area contributed by atoms with Gasteiger partial charge in [0.25, 0.3) is 5.56 Å². The normalized spacial score (nSPS) is 14.8. The first-order valence-electron chi connectivity index (χ1n) is 8.89. The van der Waals surface area contributed by atoms with Crippen LogP contribution in [0.1, 0.15) is 24.8 Å². The van der Waals surface area contributed by atoms with Crippen LogP contribution in [0.4, 0.5) is 5.69 Å². The third-order valence-electron chi connectivity index (χ3n) is 4.98. The van der Waals surface area contributed by atoms with Crippen LogP contribution in [0.15, 0.2) is 59.4 Å². The zero-order valence-electron chi connectivity index (χ0n) is 14.2. The molecule has 1 saturated heterocycles. The number of benzene rings is 2. The summed E-state index contributed by atoms with van der Waals surface area (Å²) in [5, 5.41) is 11.6. The standard InChI is InChI=1S/C21H22N2O2/c24-20-17-11-5-6-12-18(17)23(15-16-9-3-1-4-10-16)21(25)19(20)22-13-7-2-8-14-22/h1,3-6,9-12,24H,2,7-8,13-15H2. The molecule has 128 valence electrons. The highest BCUT2D eigenvalue weighted by Gasteiger charge is 2.22. The first kappa shape index (κ1) is 15.8. The van der Waals surface area contributed by atoms with Crippen molar-refractivity contribution in [2.24, 2.45) is 0 Å². The van der Waals surface area contributed by atoms with E-state index in [1.807, 2.05) is 54.6 Å². The molecule has 0 radical (unpaired) electrons. The van der Waals surface area contributed by atoms with E-state index in [1.54, 1.807) is 4.57 Å². The summed E-state index contributed by atoms with van der Waals surface area (Å²) in [6.07, 6.45) is 3.30. The second-order valence-corrected chi connectivity index (χ2v) is 6.64. The van der Waals surface area contributed by atoms with Gasteiger partial charge in [0.1, 0.15) is 5.69 Å². The first-order chi connectivity index (χ1) is 12.3. The maximum atomic E-state index is 13.3. The largest absolute Gasteiger partial charge is 0.505 e. The molecule has 4 nitrogen and oxygen atoms in total. The Kier molecular flexibility index (Phi) is 4.18. The van der Waals surface area contributed by atoms with Gasteiger partial charge in [0.2, 0.25) is 0 Å². The molecule has 0 saturated carbocycles. The molecular formula is C21H22N2O2. The lowest BCUT2D eigenvalue weighted by atomic mass is 10.1. The molecule has 4 rings (SSSR count). The average molecular weight is 334 g/mol. The first-order valence-corrected chi connectivity index (χ1v) is 8.89. The molecule has 0 amide bonds. The van der Waals surface area contributed by atoms with Crippen LogP contribution >= 0.6 is 0 Å². The fourth-order valence-corrected chi connectivity index (χ4v) is 3.70. The molecule has 4 heteroatoms. The summed E-state index contributed by atoms with van der Waals surface area (Å²) < 4.78 is 1.79. The molecule has 0 aliphatic carbocycles. The predicted octanol–water partition coefficient (Wildman–Crippen LogP) is 3.75. The molecule has 2 aromatic carbocycles. The van der Waals surface area contributed by atoms with Crippen LogP contribution < -0.4 is 10.5 Å². The Balaban J connectivity index is 1.92. The maximum Gasteiger partial charge on any atom is 0.278 e. The average Bonchev–Trinajstić information content (AvgIpc) is 2.67. The topological polar surface area (TPSA) is 45.5 Å². The van der Waals surface area contributed by atoms with E-state index in [1.165, 1.54) is 6.42 Å². The van der Waals surface area contributed by atoms with Crippen LogP contribution in [0.5, 0.6) is 5.75 Å². The van der Waals surface area contributed by atoms with Gasteiger partial charge >= 0.3 is 0 Å². The van der Waals surface area contributed by atoms with Gasteiger partial charge < -0.3 is 14.6 Å². The van der Waals surface area contributed by atoms with Crippen molar-refractivity contribution in [2.75, 3.05) is 18.0 Å². The third kappa shape index (κ3) is 2.88. The highest BCUT2D eigenvalue weighted by molar-refractivity contribution is 5.90. The van der Waals surface area contributed by atoms with Crippen LogP contribution in [0.2, 0.25) is 0 Å². The summed E-state index contributed by atoms with van der Waals surface area (Å²) in [5.74, 6) is 0.117. The molecule has 25 heavy (non-hydrogen) atoms. The number of rotatable bonds is 3. The van der Waals surface area contributed by atoms with Crippen molar-refractivity contribution in [3.05, 3.63) is 70.5 Å². The molecule has 2 heterocycles. The fourth-order valence-electron chi connectivity index (χ4n) is 3.70. The SMILES string of the molecule is O=c1c(N2CCCCC2)c(O)c2ccccc2n1Cc1ccccc1. The Morgan fingerprint density at radius 3 is 2.32 bits per heavy atom. The monoisotopic (exact) mass is 334 g/mol. The second kappa shape index (κ2) is 6.63. The van der Waals surface area contributed by atoms with Crippen LogP contribution in [0.3, 0.4) is 0 Å². The summed E-state index contributed by atoms with van der Waals surface area (Å²) in [4.78, 5) is 15.3. The summed E-state index contributed by atoms with van der Waals surface area (Å²) in [6, 6.07) is 17.6. The Labute approximate surface area is 146 Å². The van der Waals surface area contributed by atoms with Crippen molar-refractivity contribution in [3.8, 4) is 5.75 Å². The lowest BCUT2D eigenvalue weighted by Gasteiger charge is -2.29. The number of aromatic nitrogens is 1. The number of anilines is 1. The Hall–Kier alpha value is -2.75. The van der Waals surface area contributed by atoms with Crippen LogP contribution in [-0.4, -0.2) is 22.8 Å². The van der Waals surface area contributed by atoms with E-state index >= 15 is 0 Å². The van der Waals surface area contributed by atoms with Crippen LogP contribution in [0, 0.1) is 0 Å². The number of hydrogen-bond donors (Lipinski definition) is 1. The van der Waals surface area contributed by atoms with Crippen molar-refractivity contribution in [1.29, 1.82) is 0 Å². The van der Waals surface area contributed by atoms with E-state index in [9.17, 15) is 9.90 Å². The van der Waals surface area contributed by atoms with E-state index in [4.69, 9.17) is 0 Å². The summed E-state index contributed by atoms with van der Waals surface area (Å²) in [5.41, 5.74) is 2.19. The minimum atomic E-state index is -0.109. The van der Waals surface area contributed by atoms with Gasteiger partial charge in [0.05, 0.1) is 12.1 Å². The van der Waals surface area contributed by atoms with Crippen molar-refractivity contribution in [1.82, 2.24) is 4.57 Å². The number of aromatic hydroxyl groups is 1. The van der Waals surface area contributed by atoms with Gasteiger partial charge in [-0.2, -0.15) is 0 Å². The van der Waals surface area contributed by atoms with E-state index in [-0.39, 0.29) is 11.3 Å². The maximum absolute atomic E-state index is 13.3. The van der Waals surface area contributed by atoms with Gasteiger partial charge in [-0.05, 0) is 37.0 Å². The van der Waals surface area contributed by atoms with E-state index < -0.39 is 0 Å². The van der Waals surface area contributed by atoms with Crippen molar-refractivity contribution < 1.29 is 5.11 Å². The zero-order chi connectivity index (χ0) is 17.2. The van der Waals surface area contributed by atoms with Gasteiger partial charge in [0, 0.05) is 18.5 Å². The molecule has 0 atom stereocenters. The number of nitrogens with zero attached hydrogens (tertiary/aromatic N) is 2. The summed E-state index contributed by atoms with van der Waals surface area (Å²) in [7, 11) is 0. The van der Waals surface area contributed by atoms with Crippen molar-refractivity contribution in [2.45, 2.75) is 25.8 Å². The van der Waals surface area contributed by atoms with Gasteiger partial charge in [-0.3, -0.25) is 4.79 Å². The highest BCUT2D eigenvalue weighted by atomic mass is 16.3. The Morgan fingerprint density at radius 1 is 0.880 bits per heavy atom. The Morgan fingerprint density at radius 2 is 1.56 bits per heavy atom. The molecule has 1 N–H and O–H groups in total. The molecule has 1 aromatic heterocycles. The number of para-hydroxylation sites is 1. The lowest BCUT2D eigenvalue weighted by Crippen LogP contribution is -2.36. The van der Waals surface area contributed by atoms with Crippen LogP contribution in [-0.2, 0) is 6.54 Å². The second-order valence-electron chi connectivity index (χ2n) is 6.64. The van der Waals surface area contributed by atoms with Gasteiger partial charge in [-0.25, -0.2) is 0 Å². The van der Waals surface area contributed by atoms with Crippen molar-refractivity contribution in [3.63, 3.8) is 0 Å². The molecular weight excluding hydrogens is 312 g/mol. The Bertz CT molecular complexity index is 941. The fraction of sp³-hybridized carbons (Fsp3) is 0.286. The number of pyridine rings is 1. The molecule has 0 bridgehead atoms. The van der Waals surface area contributed by atoms with Crippen molar-refractivity contribution >= 4 is 16.6 Å². The highest BCUT2D eigenvalue weighted by Crippen LogP contribution is 2.33. The minimum Gasteiger partial charge on any atom is -0.505 e. The quantitative estimate of drug-likeness (QED) is 0.793. The third-order valence-corrected chi connectivity index (χ3v) is 4.98. The predicted molar refractivity (Wildman–Crippen MR) is 101 cm³/mol. The molecule has 0 spiro atoms.